The number of aromatic amines is 1. The summed E-state index contributed by atoms with van der Waals surface area (Å²) in [7, 11) is 1.65. The first kappa shape index (κ1) is 13.4. The van der Waals surface area contributed by atoms with Gasteiger partial charge in [0.05, 0.1) is 31.5 Å². The lowest BCUT2D eigenvalue weighted by atomic mass is 9.99. The van der Waals surface area contributed by atoms with Crippen LogP contribution in [0.3, 0.4) is 0 Å². The number of methoxy groups -OCH3 is 1. The van der Waals surface area contributed by atoms with Gasteiger partial charge in [-0.15, -0.1) is 0 Å². The molecule has 0 radical (unpaired) electrons. The first-order valence-electron chi connectivity index (χ1n) is 7.73. The summed E-state index contributed by atoms with van der Waals surface area (Å²) in [6, 6.07) is 7.80. The molecule has 2 heterocycles. The van der Waals surface area contributed by atoms with Crippen LogP contribution in [-0.4, -0.2) is 34.7 Å². The highest BCUT2D eigenvalue weighted by Crippen LogP contribution is 2.36. The summed E-state index contributed by atoms with van der Waals surface area (Å²) in [5, 5.41) is 7.58. The fourth-order valence-corrected chi connectivity index (χ4v) is 3.11. The highest BCUT2D eigenvalue weighted by molar-refractivity contribution is 5.84. The number of hydrogen-bond donors (Lipinski definition) is 1. The Morgan fingerprint density at radius 2 is 2.18 bits per heavy atom. The fourth-order valence-electron chi connectivity index (χ4n) is 3.11. The highest BCUT2D eigenvalue weighted by atomic mass is 16.5. The predicted octanol–water partition coefficient (Wildman–Crippen LogP) is 2.38. The summed E-state index contributed by atoms with van der Waals surface area (Å²) in [4.78, 5) is 14.4. The van der Waals surface area contributed by atoms with Crippen molar-refractivity contribution in [1.29, 1.82) is 0 Å². The normalized spacial score (nSPS) is 17.5. The van der Waals surface area contributed by atoms with Crippen LogP contribution >= 0.6 is 0 Å². The molecule has 1 amide bonds. The van der Waals surface area contributed by atoms with Gasteiger partial charge in [-0.25, -0.2) is 0 Å². The molecule has 0 spiro atoms. The van der Waals surface area contributed by atoms with Gasteiger partial charge in [-0.05, 0) is 30.9 Å². The van der Waals surface area contributed by atoms with E-state index in [1.807, 2.05) is 29.2 Å². The first-order chi connectivity index (χ1) is 10.8. The van der Waals surface area contributed by atoms with Crippen LogP contribution in [0.15, 0.2) is 24.3 Å². The van der Waals surface area contributed by atoms with Gasteiger partial charge in [0.15, 0.2) is 0 Å². The van der Waals surface area contributed by atoms with E-state index in [0.717, 1.165) is 34.8 Å². The second-order valence-corrected chi connectivity index (χ2v) is 6.12. The molecule has 2 aliphatic rings. The third kappa shape index (κ3) is 2.26. The molecule has 114 valence electrons. The lowest BCUT2D eigenvalue weighted by Crippen LogP contribution is -2.37. The van der Waals surface area contributed by atoms with E-state index in [1.54, 1.807) is 7.11 Å². The second kappa shape index (κ2) is 5.16. The van der Waals surface area contributed by atoms with Gasteiger partial charge in [-0.3, -0.25) is 9.89 Å². The molecule has 2 aromatic rings. The minimum Gasteiger partial charge on any atom is -0.496 e. The number of nitrogens with zero attached hydrogens (tertiary/aromatic N) is 2. The van der Waals surface area contributed by atoms with Crippen molar-refractivity contribution in [3.63, 3.8) is 0 Å². The largest absolute Gasteiger partial charge is 0.496 e. The number of hydrogen-bond acceptors (Lipinski definition) is 3. The van der Waals surface area contributed by atoms with E-state index < -0.39 is 0 Å². The Balaban J connectivity index is 1.68. The Labute approximate surface area is 129 Å². The lowest BCUT2D eigenvalue weighted by molar-refractivity contribution is -0.132. The molecule has 1 fully saturated rings. The van der Waals surface area contributed by atoms with Crippen LogP contribution in [0.2, 0.25) is 0 Å². The highest BCUT2D eigenvalue weighted by Gasteiger charge is 2.32. The van der Waals surface area contributed by atoms with Gasteiger partial charge in [-0.1, -0.05) is 12.1 Å². The number of carbonyl (C=O) groups is 1. The van der Waals surface area contributed by atoms with Gasteiger partial charge in [0, 0.05) is 17.7 Å². The van der Waals surface area contributed by atoms with Crippen molar-refractivity contribution in [1.82, 2.24) is 15.1 Å². The van der Waals surface area contributed by atoms with Crippen LogP contribution < -0.4 is 4.74 Å². The number of benzene rings is 1. The molecule has 1 aliphatic carbocycles. The number of nitrogens with one attached hydrogen (secondary N) is 1. The molecule has 0 saturated heterocycles. The van der Waals surface area contributed by atoms with Crippen LogP contribution in [0.5, 0.6) is 5.75 Å². The average Bonchev–Trinajstić information content (AvgIpc) is 3.27. The maximum atomic E-state index is 12.4. The molecule has 0 unspecified atom stereocenters. The summed E-state index contributed by atoms with van der Waals surface area (Å²) in [5.74, 6) is 1.70. The number of para-hydroxylation sites is 1. The van der Waals surface area contributed by atoms with E-state index in [1.165, 1.54) is 12.8 Å². The van der Waals surface area contributed by atoms with Crippen LogP contribution in [0.4, 0.5) is 0 Å². The van der Waals surface area contributed by atoms with E-state index in [2.05, 4.69) is 10.2 Å². The topological polar surface area (TPSA) is 58.2 Å². The Kier molecular flexibility index (Phi) is 3.13. The Hall–Kier alpha value is -2.30. The lowest BCUT2D eigenvalue weighted by Gasteiger charge is -2.27. The van der Waals surface area contributed by atoms with E-state index in [4.69, 9.17) is 4.74 Å². The van der Waals surface area contributed by atoms with Crippen LogP contribution in [-0.2, 0) is 17.8 Å². The van der Waals surface area contributed by atoms with Crippen LogP contribution in [0, 0.1) is 5.92 Å². The van der Waals surface area contributed by atoms with E-state index >= 15 is 0 Å². The van der Waals surface area contributed by atoms with Gasteiger partial charge in [0.25, 0.3) is 0 Å². The van der Waals surface area contributed by atoms with Gasteiger partial charge < -0.3 is 9.64 Å². The molecule has 1 N–H and O–H groups in total. The molecular formula is C17H19N3O2. The number of H-pyrrole nitrogens is 1. The molecular weight excluding hydrogens is 278 g/mol. The van der Waals surface area contributed by atoms with Crippen molar-refractivity contribution in [2.75, 3.05) is 13.7 Å². The molecule has 1 aromatic carbocycles. The average molecular weight is 297 g/mol. The fraction of sp³-hybridized carbons (Fsp3) is 0.412. The molecule has 1 saturated carbocycles. The minimum atomic E-state index is 0.206. The number of fused-ring (bicyclic) bond motifs is 1. The third-order valence-corrected chi connectivity index (χ3v) is 4.52. The summed E-state index contributed by atoms with van der Waals surface area (Å²) in [5.41, 5.74) is 3.85. The van der Waals surface area contributed by atoms with Gasteiger partial charge in [0.2, 0.25) is 5.91 Å². The van der Waals surface area contributed by atoms with Crippen molar-refractivity contribution in [2.45, 2.75) is 25.8 Å². The first-order valence-corrected chi connectivity index (χ1v) is 7.73. The summed E-state index contributed by atoms with van der Waals surface area (Å²) >= 11 is 0. The molecule has 4 rings (SSSR count). The minimum absolute atomic E-state index is 0.206. The second-order valence-electron chi connectivity index (χ2n) is 6.12. The number of ether oxygens (including phenoxy) is 1. The number of carbonyl (C=O) groups excluding carboxylic acids is 1. The van der Waals surface area contributed by atoms with Crippen LogP contribution in [0.1, 0.15) is 24.1 Å². The van der Waals surface area contributed by atoms with Crippen LogP contribution in [0.25, 0.3) is 11.3 Å². The molecule has 1 aliphatic heterocycles. The molecule has 5 nitrogen and oxygen atoms in total. The monoisotopic (exact) mass is 297 g/mol. The molecule has 5 heteroatoms. The number of rotatable bonds is 4. The molecule has 22 heavy (non-hydrogen) atoms. The van der Waals surface area contributed by atoms with E-state index in [-0.39, 0.29) is 5.91 Å². The maximum absolute atomic E-state index is 12.4. The SMILES string of the molecule is COc1ccccc1-c1n[nH]c2c1CC(=O)N(CC1CC1)C2. The number of aromatic nitrogens is 2. The maximum Gasteiger partial charge on any atom is 0.227 e. The standard InChI is InChI=1S/C17H19N3O2/c1-22-15-5-3-2-4-12(15)17-13-8-16(21)20(9-11-6-7-11)10-14(13)18-19-17/h2-5,11H,6-10H2,1H3,(H,18,19). The summed E-state index contributed by atoms with van der Waals surface area (Å²) in [6.07, 6.45) is 2.93. The van der Waals surface area contributed by atoms with Gasteiger partial charge >= 0.3 is 0 Å². The molecule has 0 bridgehead atoms. The Morgan fingerprint density at radius 3 is 2.95 bits per heavy atom. The Morgan fingerprint density at radius 1 is 1.36 bits per heavy atom. The zero-order chi connectivity index (χ0) is 15.1. The van der Waals surface area contributed by atoms with Crippen molar-refractivity contribution >= 4 is 5.91 Å². The Bertz CT molecular complexity index is 718. The van der Waals surface area contributed by atoms with Crippen molar-refractivity contribution in [3.05, 3.63) is 35.5 Å². The predicted molar refractivity (Wildman–Crippen MR) is 82.4 cm³/mol. The molecule has 1 aromatic heterocycles. The van der Waals surface area contributed by atoms with Gasteiger partial charge in [-0.2, -0.15) is 5.10 Å². The zero-order valence-corrected chi connectivity index (χ0v) is 12.6. The van der Waals surface area contributed by atoms with Crippen molar-refractivity contribution in [2.24, 2.45) is 5.92 Å². The summed E-state index contributed by atoms with van der Waals surface area (Å²) in [6.45, 7) is 1.54. The zero-order valence-electron chi connectivity index (χ0n) is 12.6. The van der Waals surface area contributed by atoms with Gasteiger partial charge in [0.1, 0.15) is 5.75 Å². The number of amides is 1. The molecule has 0 atom stereocenters. The van der Waals surface area contributed by atoms with Crippen molar-refractivity contribution < 1.29 is 9.53 Å². The third-order valence-electron chi connectivity index (χ3n) is 4.52. The summed E-state index contributed by atoms with van der Waals surface area (Å²) < 4.78 is 5.42. The van der Waals surface area contributed by atoms with E-state index in [0.29, 0.717) is 18.9 Å². The van der Waals surface area contributed by atoms with E-state index in [9.17, 15) is 4.79 Å². The van der Waals surface area contributed by atoms with Crippen molar-refractivity contribution in [3.8, 4) is 17.0 Å². The smallest absolute Gasteiger partial charge is 0.227 e. The quantitative estimate of drug-likeness (QED) is 0.942.